The lowest BCUT2D eigenvalue weighted by Crippen LogP contribution is -2.17. The molecule has 29 heavy (non-hydrogen) atoms. The lowest BCUT2D eigenvalue weighted by Gasteiger charge is -2.06. The largest absolute Gasteiger partial charge is 0.494 e. The minimum atomic E-state index is -0.459. The second-order valence-electron chi connectivity index (χ2n) is 5.85. The molecule has 1 N–H and O–H groups in total. The third-order valence-corrected chi connectivity index (χ3v) is 3.81. The fourth-order valence-corrected chi connectivity index (χ4v) is 2.38. The standard InChI is InChI=1S/C22H19N3O4/c1-2-28-19-9-5-18(6-10-19)22(27)29-20-7-3-16(4-8-20)15-24-25-21(26)17-11-13-23-14-12-17/h3-15H,2H2,1H3,(H,25,26)/b24-15-. The van der Waals surface area contributed by atoms with Crippen molar-refractivity contribution in [3.63, 3.8) is 0 Å². The molecule has 3 aromatic rings. The molecule has 0 spiro atoms. The maximum Gasteiger partial charge on any atom is 0.343 e. The Hall–Kier alpha value is -4.00. The highest BCUT2D eigenvalue weighted by atomic mass is 16.5. The van der Waals surface area contributed by atoms with Crippen molar-refractivity contribution in [2.24, 2.45) is 5.10 Å². The molecule has 0 fully saturated rings. The van der Waals surface area contributed by atoms with Gasteiger partial charge in [0.25, 0.3) is 5.91 Å². The summed E-state index contributed by atoms with van der Waals surface area (Å²) in [6, 6.07) is 16.7. The van der Waals surface area contributed by atoms with Gasteiger partial charge >= 0.3 is 5.97 Å². The highest BCUT2D eigenvalue weighted by molar-refractivity contribution is 5.94. The van der Waals surface area contributed by atoms with Crippen LogP contribution < -0.4 is 14.9 Å². The summed E-state index contributed by atoms with van der Waals surface area (Å²) in [5, 5.41) is 3.91. The van der Waals surface area contributed by atoms with Crippen LogP contribution >= 0.6 is 0 Å². The number of amides is 1. The molecule has 0 unspecified atom stereocenters. The fourth-order valence-electron chi connectivity index (χ4n) is 2.38. The molecule has 1 heterocycles. The van der Waals surface area contributed by atoms with Crippen LogP contribution in [0.3, 0.4) is 0 Å². The summed E-state index contributed by atoms with van der Waals surface area (Å²) in [5.41, 5.74) is 4.07. The van der Waals surface area contributed by atoms with Gasteiger partial charge in [0.15, 0.2) is 0 Å². The Labute approximate surface area is 168 Å². The Kier molecular flexibility index (Phi) is 6.67. The first-order valence-electron chi connectivity index (χ1n) is 8.94. The summed E-state index contributed by atoms with van der Waals surface area (Å²) in [4.78, 5) is 27.9. The molecule has 0 aliphatic heterocycles. The van der Waals surface area contributed by atoms with E-state index < -0.39 is 5.97 Å². The molecule has 7 heteroatoms. The van der Waals surface area contributed by atoms with Crippen molar-refractivity contribution in [3.05, 3.63) is 89.7 Å². The zero-order chi connectivity index (χ0) is 20.5. The Morgan fingerprint density at radius 2 is 1.59 bits per heavy atom. The molecule has 1 amide bonds. The SMILES string of the molecule is CCOc1ccc(C(=O)Oc2ccc(/C=N\NC(=O)c3ccncc3)cc2)cc1. The van der Waals surface area contributed by atoms with E-state index in [1.807, 2.05) is 6.92 Å². The van der Waals surface area contributed by atoms with Crippen molar-refractivity contribution in [3.8, 4) is 11.5 Å². The number of ether oxygens (including phenoxy) is 2. The van der Waals surface area contributed by atoms with E-state index in [4.69, 9.17) is 9.47 Å². The van der Waals surface area contributed by atoms with Gasteiger partial charge in [-0.1, -0.05) is 0 Å². The predicted molar refractivity (Wildman–Crippen MR) is 108 cm³/mol. The van der Waals surface area contributed by atoms with Crippen LogP contribution in [0, 0.1) is 0 Å². The van der Waals surface area contributed by atoms with Crippen LogP contribution in [0.4, 0.5) is 0 Å². The molecule has 3 rings (SSSR count). The number of pyridine rings is 1. The molecule has 1 aromatic heterocycles. The van der Waals surface area contributed by atoms with Gasteiger partial charge in [-0.3, -0.25) is 9.78 Å². The lowest BCUT2D eigenvalue weighted by molar-refractivity contribution is 0.0734. The van der Waals surface area contributed by atoms with Gasteiger partial charge in [-0.15, -0.1) is 0 Å². The zero-order valence-electron chi connectivity index (χ0n) is 15.7. The van der Waals surface area contributed by atoms with E-state index in [1.54, 1.807) is 60.7 Å². The minimum Gasteiger partial charge on any atom is -0.494 e. The molecule has 0 aliphatic rings. The number of benzene rings is 2. The fraction of sp³-hybridized carbons (Fsp3) is 0.0909. The molecular weight excluding hydrogens is 370 g/mol. The number of esters is 1. The van der Waals surface area contributed by atoms with Crippen LogP contribution in [0.5, 0.6) is 11.5 Å². The lowest BCUT2D eigenvalue weighted by atomic mass is 10.2. The van der Waals surface area contributed by atoms with E-state index in [0.717, 1.165) is 5.56 Å². The number of carbonyl (C=O) groups is 2. The van der Waals surface area contributed by atoms with Crippen molar-refractivity contribution < 1.29 is 19.1 Å². The Morgan fingerprint density at radius 3 is 2.24 bits per heavy atom. The molecule has 0 saturated heterocycles. The normalized spacial score (nSPS) is 10.5. The average Bonchev–Trinajstić information content (AvgIpc) is 2.76. The van der Waals surface area contributed by atoms with Gasteiger partial charge in [-0.05, 0) is 73.2 Å². The summed E-state index contributed by atoms with van der Waals surface area (Å²) >= 11 is 0. The first-order valence-corrected chi connectivity index (χ1v) is 8.94. The van der Waals surface area contributed by atoms with Gasteiger partial charge in [0.05, 0.1) is 18.4 Å². The molecule has 2 aromatic carbocycles. The van der Waals surface area contributed by atoms with Crippen LogP contribution in [-0.2, 0) is 0 Å². The van der Waals surface area contributed by atoms with Crippen LogP contribution in [0.25, 0.3) is 0 Å². The van der Waals surface area contributed by atoms with Gasteiger partial charge in [0, 0.05) is 18.0 Å². The number of hydrogen-bond acceptors (Lipinski definition) is 6. The summed E-state index contributed by atoms with van der Waals surface area (Å²) in [5.74, 6) is 0.314. The maximum absolute atomic E-state index is 12.2. The van der Waals surface area contributed by atoms with E-state index in [0.29, 0.717) is 29.2 Å². The second kappa shape index (κ2) is 9.80. The zero-order valence-corrected chi connectivity index (χ0v) is 15.7. The van der Waals surface area contributed by atoms with E-state index in [9.17, 15) is 9.59 Å². The second-order valence-corrected chi connectivity index (χ2v) is 5.85. The van der Waals surface area contributed by atoms with E-state index in [2.05, 4.69) is 15.5 Å². The van der Waals surface area contributed by atoms with Gasteiger partial charge < -0.3 is 9.47 Å². The van der Waals surface area contributed by atoms with Gasteiger partial charge in [0.2, 0.25) is 0 Å². The number of aromatic nitrogens is 1. The number of hydrogen-bond donors (Lipinski definition) is 1. The summed E-state index contributed by atoms with van der Waals surface area (Å²) in [6.45, 7) is 2.46. The summed E-state index contributed by atoms with van der Waals surface area (Å²) in [7, 11) is 0. The molecule has 0 aliphatic carbocycles. The van der Waals surface area contributed by atoms with E-state index in [1.165, 1.54) is 18.6 Å². The Balaban J connectivity index is 1.54. The van der Waals surface area contributed by atoms with Crippen LogP contribution in [0.1, 0.15) is 33.2 Å². The van der Waals surface area contributed by atoms with Crippen LogP contribution in [0.2, 0.25) is 0 Å². The minimum absolute atomic E-state index is 0.329. The van der Waals surface area contributed by atoms with E-state index >= 15 is 0 Å². The monoisotopic (exact) mass is 389 g/mol. The van der Waals surface area contributed by atoms with Crippen molar-refractivity contribution in [2.45, 2.75) is 6.92 Å². The topological polar surface area (TPSA) is 89.9 Å². The van der Waals surface area contributed by atoms with Gasteiger partial charge in [-0.2, -0.15) is 5.10 Å². The molecule has 7 nitrogen and oxygen atoms in total. The van der Waals surface area contributed by atoms with Crippen molar-refractivity contribution >= 4 is 18.1 Å². The maximum atomic E-state index is 12.2. The first-order chi connectivity index (χ1) is 14.2. The third kappa shape index (κ3) is 5.74. The van der Waals surface area contributed by atoms with Gasteiger partial charge in [-0.25, -0.2) is 10.2 Å². The molecule has 146 valence electrons. The third-order valence-electron chi connectivity index (χ3n) is 3.81. The number of nitrogens with zero attached hydrogens (tertiary/aromatic N) is 2. The summed E-state index contributed by atoms with van der Waals surface area (Å²) < 4.78 is 10.7. The first kappa shape index (κ1) is 19.8. The van der Waals surface area contributed by atoms with Crippen LogP contribution in [0.15, 0.2) is 78.2 Å². The van der Waals surface area contributed by atoms with E-state index in [-0.39, 0.29) is 5.91 Å². The highest BCUT2D eigenvalue weighted by Gasteiger charge is 2.09. The quantitative estimate of drug-likeness (QED) is 0.289. The highest BCUT2D eigenvalue weighted by Crippen LogP contribution is 2.16. The van der Waals surface area contributed by atoms with Crippen LogP contribution in [-0.4, -0.2) is 29.7 Å². The van der Waals surface area contributed by atoms with Crippen molar-refractivity contribution in [1.82, 2.24) is 10.4 Å². The number of carbonyl (C=O) groups excluding carboxylic acids is 2. The Morgan fingerprint density at radius 1 is 0.931 bits per heavy atom. The Bertz CT molecular complexity index is 985. The number of nitrogens with one attached hydrogen (secondary N) is 1. The van der Waals surface area contributed by atoms with Crippen molar-refractivity contribution in [1.29, 1.82) is 0 Å². The molecule has 0 bridgehead atoms. The molecule has 0 saturated carbocycles. The molecule has 0 atom stereocenters. The predicted octanol–water partition coefficient (Wildman–Crippen LogP) is 3.46. The smallest absolute Gasteiger partial charge is 0.343 e. The number of rotatable bonds is 7. The summed E-state index contributed by atoms with van der Waals surface area (Å²) in [6.07, 6.45) is 4.56. The van der Waals surface area contributed by atoms with Crippen molar-refractivity contribution in [2.75, 3.05) is 6.61 Å². The van der Waals surface area contributed by atoms with Gasteiger partial charge in [0.1, 0.15) is 11.5 Å². The average molecular weight is 389 g/mol. The number of hydrazone groups is 1. The molecule has 0 radical (unpaired) electrons. The molecular formula is C22H19N3O4.